The van der Waals surface area contributed by atoms with E-state index in [0.717, 1.165) is 5.52 Å². The molecule has 1 amide bonds. The van der Waals surface area contributed by atoms with Crippen LogP contribution in [0.3, 0.4) is 0 Å². The average molecular weight is 298 g/mol. The van der Waals surface area contributed by atoms with Gasteiger partial charge in [0.25, 0.3) is 5.91 Å². The van der Waals surface area contributed by atoms with Crippen molar-refractivity contribution in [2.45, 2.75) is 0 Å². The van der Waals surface area contributed by atoms with Crippen LogP contribution in [0.1, 0.15) is 15.2 Å². The van der Waals surface area contributed by atoms with Crippen molar-refractivity contribution >= 4 is 27.9 Å². The smallest absolute Gasteiger partial charge is 0.261 e. The summed E-state index contributed by atoms with van der Waals surface area (Å²) in [5.74, 6) is 5.00. The van der Waals surface area contributed by atoms with Crippen LogP contribution < -0.4 is 5.32 Å². The second-order valence-electron chi connectivity index (χ2n) is 4.03. The summed E-state index contributed by atoms with van der Waals surface area (Å²) in [6.07, 6.45) is 4.85. The molecule has 3 aromatic heterocycles. The number of amides is 1. The third-order valence-corrected chi connectivity index (χ3v) is 3.52. The SMILES string of the molecule is O=C(Nc1ncc(C#CCO)s1)c1cnn2ccccc12. The standard InChI is InChI=1S/C14H10N4O2S/c19-7-3-4-10-8-15-14(21-10)17-13(20)11-9-16-18-6-2-1-5-12(11)18/h1-2,5-6,8-9,19H,7H2,(H,15,17,20). The summed E-state index contributed by atoms with van der Waals surface area (Å²) in [7, 11) is 0. The van der Waals surface area contributed by atoms with Gasteiger partial charge in [-0.15, -0.1) is 0 Å². The quantitative estimate of drug-likeness (QED) is 0.701. The first-order valence-electron chi connectivity index (χ1n) is 6.07. The van der Waals surface area contributed by atoms with Gasteiger partial charge in [0.05, 0.1) is 28.4 Å². The second kappa shape index (κ2) is 5.75. The number of nitrogens with zero attached hydrogens (tertiary/aromatic N) is 3. The van der Waals surface area contributed by atoms with E-state index >= 15 is 0 Å². The zero-order valence-corrected chi connectivity index (χ0v) is 11.6. The Kier molecular flexibility index (Phi) is 3.64. The molecule has 104 valence electrons. The second-order valence-corrected chi connectivity index (χ2v) is 5.06. The molecule has 0 saturated heterocycles. The lowest BCUT2D eigenvalue weighted by molar-refractivity contribution is 0.102. The first-order valence-corrected chi connectivity index (χ1v) is 6.89. The minimum Gasteiger partial charge on any atom is -0.384 e. The highest BCUT2D eigenvalue weighted by molar-refractivity contribution is 7.16. The Morgan fingerprint density at radius 3 is 3.19 bits per heavy atom. The van der Waals surface area contributed by atoms with Gasteiger partial charge in [-0.05, 0) is 12.1 Å². The third-order valence-electron chi connectivity index (χ3n) is 2.69. The number of carbonyl (C=O) groups is 1. The van der Waals surface area contributed by atoms with Crippen LogP contribution in [-0.2, 0) is 0 Å². The van der Waals surface area contributed by atoms with E-state index < -0.39 is 0 Å². The van der Waals surface area contributed by atoms with E-state index in [1.165, 1.54) is 17.5 Å². The predicted molar refractivity (Wildman–Crippen MR) is 79.2 cm³/mol. The van der Waals surface area contributed by atoms with E-state index in [0.29, 0.717) is 15.6 Å². The third kappa shape index (κ3) is 2.76. The lowest BCUT2D eigenvalue weighted by Gasteiger charge is -1.99. The molecule has 2 N–H and O–H groups in total. The molecule has 0 saturated carbocycles. The summed E-state index contributed by atoms with van der Waals surface area (Å²) >= 11 is 1.25. The van der Waals surface area contributed by atoms with E-state index in [9.17, 15) is 4.79 Å². The highest BCUT2D eigenvalue weighted by Crippen LogP contribution is 2.19. The number of rotatable bonds is 2. The molecule has 7 heteroatoms. The molecule has 6 nitrogen and oxygen atoms in total. The number of aliphatic hydroxyl groups excluding tert-OH is 1. The molecule has 0 radical (unpaired) electrons. The first-order chi connectivity index (χ1) is 10.3. The van der Waals surface area contributed by atoms with E-state index in [1.807, 2.05) is 18.2 Å². The predicted octanol–water partition coefficient (Wildman–Crippen LogP) is 1.39. The molecule has 0 fully saturated rings. The molecule has 21 heavy (non-hydrogen) atoms. The Labute approximate surface area is 124 Å². The molecular formula is C14H10N4O2S. The Hall–Kier alpha value is -2.69. The van der Waals surface area contributed by atoms with Crippen LogP contribution in [0.2, 0.25) is 0 Å². The molecule has 0 bridgehead atoms. The van der Waals surface area contributed by atoms with Gasteiger partial charge in [-0.25, -0.2) is 9.50 Å². The zero-order chi connectivity index (χ0) is 14.7. The molecule has 3 heterocycles. The summed E-state index contributed by atoms with van der Waals surface area (Å²) in [5.41, 5.74) is 1.21. The van der Waals surface area contributed by atoms with Crippen LogP contribution in [-0.4, -0.2) is 32.2 Å². The molecule has 0 unspecified atom stereocenters. The van der Waals surface area contributed by atoms with Crippen molar-refractivity contribution in [3.63, 3.8) is 0 Å². The number of pyridine rings is 1. The van der Waals surface area contributed by atoms with Crippen LogP contribution in [0.25, 0.3) is 5.52 Å². The van der Waals surface area contributed by atoms with E-state index in [1.54, 1.807) is 16.9 Å². The van der Waals surface area contributed by atoms with Gasteiger partial charge in [0.1, 0.15) is 6.61 Å². The van der Waals surface area contributed by atoms with Gasteiger partial charge in [0, 0.05) is 6.20 Å². The maximum atomic E-state index is 12.2. The van der Waals surface area contributed by atoms with Crippen LogP contribution in [0.15, 0.2) is 36.8 Å². The van der Waals surface area contributed by atoms with Crippen LogP contribution >= 0.6 is 11.3 Å². The highest BCUT2D eigenvalue weighted by atomic mass is 32.1. The largest absolute Gasteiger partial charge is 0.384 e. The molecule has 3 aromatic rings. The van der Waals surface area contributed by atoms with Crippen LogP contribution in [0, 0.1) is 11.8 Å². The number of thiazole rings is 1. The monoisotopic (exact) mass is 298 g/mol. The van der Waals surface area contributed by atoms with Gasteiger partial charge in [0.2, 0.25) is 0 Å². The van der Waals surface area contributed by atoms with Crippen LogP contribution in [0.5, 0.6) is 0 Å². The molecule has 0 aliphatic heterocycles. The number of aliphatic hydroxyl groups is 1. The maximum absolute atomic E-state index is 12.2. The normalized spacial score (nSPS) is 10.1. The van der Waals surface area contributed by atoms with E-state index in [4.69, 9.17) is 5.11 Å². The number of anilines is 1. The molecule has 0 spiro atoms. The van der Waals surface area contributed by atoms with Crippen molar-refractivity contribution in [3.8, 4) is 11.8 Å². The summed E-state index contributed by atoms with van der Waals surface area (Å²) in [4.78, 5) is 17.0. The fourth-order valence-corrected chi connectivity index (χ4v) is 2.48. The average Bonchev–Trinajstić information content (AvgIpc) is 3.11. The fourth-order valence-electron chi connectivity index (χ4n) is 1.79. The van der Waals surface area contributed by atoms with Crippen molar-refractivity contribution in [3.05, 3.63) is 47.2 Å². The molecule has 0 aliphatic carbocycles. The van der Waals surface area contributed by atoms with Crippen molar-refractivity contribution in [2.75, 3.05) is 11.9 Å². The summed E-state index contributed by atoms with van der Waals surface area (Å²) in [5, 5.41) is 15.9. The molecule has 0 aliphatic rings. The van der Waals surface area contributed by atoms with Crippen molar-refractivity contribution in [1.29, 1.82) is 0 Å². The van der Waals surface area contributed by atoms with Gasteiger partial charge in [-0.3, -0.25) is 10.1 Å². The number of fused-ring (bicyclic) bond motifs is 1. The zero-order valence-electron chi connectivity index (χ0n) is 10.8. The topological polar surface area (TPSA) is 79.5 Å². The van der Waals surface area contributed by atoms with Gasteiger partial charge in [0.15, 0.2) is 5.13 Å². The van der Waals surface area contributed by atoms with E-state index in [-0.39, 0.29) is 12.5 Å². The lowest BCUT2D eigenvalue weighted by atomic mass is 10.2. The van der Waals surface area contributed by atoms with Crippen LogP contribution in [0.4, 0.5) is 5.13 Å². The molecule has 3 rings (SSSR count). The minimum absolute atomic E-state index is 0.206. The first kappa shape index (κ1) is 13.3. The molecular weight excluding hydrogens is 288 g/mol. The Bertz CT molecular complexity index is 856. The Balaban J connectivity index is 1.81. The number of hydrogen-bond donors (Lipinski definition) is 2. The highest BCUT2D eigenvalue weighted by Gasteiger charge is 2.13. The Morgan fingerprint density at radius 1 is 1.43 bits per heavy atom. The number of hydrogen-bond acceptors (Lipinski definition) is 5. The molecule has 0 atom stereocenters. The van der Waals surface area contributed by atoms with Crippen molar-refractivity contribution in [2.24, 2.45) is 0 Å². The van der Waals surface area contributed by atoms with Gasteiger partial charge < -0.3 is 5.11 Å². The summed E-state index contributed by atoms with van der Waals surface area (Å²) < 4.78 is 1.63. The van der Waals surface area contributed by atoms with Crippen molar-refractivity contribution < 1.29 is 9.90 Å². The Morgan fingerprint density at radius 2 is 2.33 bits per heavy atom. The summed E-state index contributed by atoms with van der Waals surface area (Å²) in [6, 6.07) is 5.51. The molecule has 0 aromatic carbocycles. The number of carbonyl (C=O) groups excluding carboxylic acids is 1. The number of aromatic nitrogens is 3. The summed E-state index contributed by atoms with van der Waals surface area (Å²) in [6.45, 7) is -0.206. The van der Waals surface area contributed by atoms with Gasteiger partial charge in [-0.2, -0.15) is 5.10 Å². The van der Waals surface area contributed by atoms with Gasteiger partial charge >= 0.3 is 0 Å². The van der Waals surface area contributed by atoms with E-state index in [2.05, 4.69) is 27.2 Å². The number of nitrogens with one attached hydrogen (secondary N) is 1. The lowest BCUT2D eigenvalue weighted by Crippen LogP contribution is -2.11. The minimum atomic E-state index is -0.271. The maximum Gasteiger partial charge on any atom is 0.261 e. The van der Waals surface area contributed by atoms with Gasteiger partial charge in [-0.1, -0.05) is 29.2 Å². The van der Waals surface area contributed by atoms with Crippen molar-refractivity contribution in [1.82, 2.24) is 14.6 Å². The fraction of sp³-hybridized carbons (Fsp3) is 0.0714.